The number of nitrogens with two attached hydrogens (primary N) is 2. The summed E-state index contributed by atoms with van der Waals surface area (Å²) in [5.41, 5.74) is 12.6. The van der Waals surface area contributed by atoms with E-state index < -0.39 is 34.2 Å². The fourth-order valence-corrected chi connectivity index (χ4v) is 6.87. The predicted molar refractivity (Wildman–Crippen MR) is 250 cm³/mol. The lowest BCUT2D eigenvalue weighted by molar-refractivity contribution is 0.0443. The lowest BCUT2D eigenvalue weighted by atomic mass is 10.0. The number of benzene rings is 6. The lowest BCUT2D eigenvalue weighted by Gasteiger charge is -2.07. The average Bonchev–Trinajstić information content (AvgIpc) is 3.88. The third-order valence-electron chi connectivity index (χ3n) is 10.1. The molecule has 0 fully saturated rings. The van der Waals surface area contributed by atoms with E-state index >= 15 is 0 Å². The Bertz CT molecular complexity index is 3140. The van der Waals surface area contributed by atoms with Crippen LogP contribution in [0.5, 0.6) is 23.0 Å². The molecular weight excluding hydrogens is 833 g/mol. The normalized spacial score (nSPS) is 12.0. The summed E-state index contributed by atoms with van der Waals surface area (Å²) in [6.45, 7) is 1.99. The second-order valence-corrected chi connectivity index (χ2v) is 14.4. The lowest BCUT2D eigenvalue weighted by Crippen LogP contribution is -2.23. The Hall–Kier alpha value is -8.72. The van der Waals surface area contributed by atoms with Crippen molar-refractivity contribution >= 4 is 56.4 Å². The molecule has 0 atom stereocenters. The van der Waals surface area contributed by atoms with Gasteiger partial charge in [0.25, 0.3) is 22.2 Å². The number of carbonyl (C=O) groups excluding carboxylic acids is 4. The van der Waals surface area contributed by atoms with E-state index in [0.29, 0.717) is 17.2 Å². The molecule has 0 spiro atoms. The Kier molecular flexibility index (Phi) is 13.6. The van der Waals surface area contributed by atoms with Crippen molar-refractivity contribution in [1.82, 2.24) is 9.13 Å². The topological polar surface area (TPSA) is 226 Å². The Morgan fingerprint density at radius 2 is 0.800 bits per heavy atom. The third-order valence-corrected chi connectivity index (χ3v) is 10.1. The van der Waals surface area contributed by atoms with E-state index in [2.05, 4.69) is 4.74 Å². The first-order chi connectivity index (χ1) is 29.7. The van der Waals surface area contributed by atoms with Crippen molar-refractivity contribution in [2.24, 2.45) is 7.05 Å². The largest absolute Gasteiger partial charge is 0.457 e. The van der Waals surface area contributed by atoms with Gasteiger partial charge in [0.2, 0.25) is 0 Å². The van der Waals surface area contributed by atoms with Crippen LogP contribution in [-0.2, 0) is 11.8 Å². The molecule has 15 heteroatoms. The number of cyclic esters (lactones) is 2. The Balaban J connectivity index is 0.000000197. The van der Waals surface area contributed by atoms with Crippen molar-refractivity contribution < 1.29 is 33.4 Å². The highest BCUT2D eigenvalue weighted by Gasteiger charge is 2.36. The number of aryl methyl sites for hydroxylation is 1. The van der Waals surface area contributed by atoms with Crippen molar-refractivity contribution in [2.75, 3.05) is 11.5 Å². The van der Waals surface area contributed by atoms with Gasteiger partial charge >= 0.3 is 11.9 Å². The fourth-order valence-electron chi connectivity index (χ4n) is 6.87. The monoisotopic (exact) mass is 876 g/mol. The van der Waals surface area contributed by atoms with Gasteiger partial charge in [0.15, 0.2) is 11.6 Å². The van der Waals surface area contributed by atoms with Gasteiger partial charge in [-0.2, -0.15) is 0 Å². The number of ether oxygens (including phenoxy) is 3. The van der Waals surface area contributed by atoms with Crippen molar-refractivity contribution in [3.8, 4) is 28.7 Å². The highest BCUT2D eigenvalue weighted by atomic mass is 16.6. The number of nitrogens with zero attached hydrogens (tertiary/aromatic N) is 2. The molecule has 0 saturated carbocycles. The molecule has 65 heavy (non-hydrogen) atoms. The maximum atomic E-state index is 12.9. The van der Waals surface area contributed by atoms with Crippen LogP contribution < -0.4 is 43.2 Å². The summed E-state index contributed by atoms with van der Waals surface area (Å²) in [5.74, 6) is 0.563. The molecule has 1 aliphatic carbocycles. The first-order valence-corrected chi connectivity index (χ1v) is 18.8. The summed E-state index contributed by atoms with van der Waals surface area (Å²) >= 11 is 0. The highest BCUT2D eigenvalue weighted by Crippen LogP contribution is 2.30. The maximum absolute atomic E-state index is 12.9. The number of fused-ring (bicyclic) bond motifs is 4. The fraction of sp³-hybridized carbons (Fsp3) is 0.120. The third kappa shape index (κ3) is 9.11. The van der Waals surface area contributed by atoms with Crippen LogP contribution in [0.2, 0.25) is 0 Å². The minimum absolute atomic E-state index is 0. The van der Waals surface area contributed by atoms with E-state index in [-0.39, 0.29) is 84.1 Å². The van der Waals surface area contributed by atoms with Crippen LogP contribution in [-0.4, -0.2) is 32.6 Å². The number of Topliss-reactive ketones (excluding diaryl/α,β-unsaturated/α-hetero) is 2. The van der Waals surface area contributed by atoms with Gasteiger partial charge in [-0.3, -0.25) is 33.3 Å². The van der Waals surface area contributed by atoms with Crippen LogP contribution in [0.25, 0.3) is 27.2 Å². The molecule has 2 aliphatic rings. The molecule has 0 bridgehead atoms. The molecular formula is C50H44N4O11. The minimum Gasteiger partial charge on any atom is -0.457 e. The van der Waals surface area contributed by atoms with Crippen LogP contribution >= 0.6 is 0 Å². The predicted octanol–water partition coefficient (Wildman–Crippen LogP) is 7.86. The first kappa shape index (κ1) is 47.3. The molecule has 6 aromatic carbocycles. The van der Waals surface area contributed by atoms with E-state index in [4.69, 9.17) is 20.9 Å². The molecule has 0 saturated heterocycles. The van der Waals surface area contributed by atoms with Crippen molar-refractivity contribution in [3.05, 3.63) is 191 Å². The van der Waals surface area contributed by atoms with Gasteiger partial charge in [-0.15, -0.1) is 0 Å². The van der Waals surface area contributed by atoms with Crippen LogP contribution in [0.4, 0.5) is 11.4 Å². The van der Waals surface area contributed by atoms with Gasteiger partial charge in [-0.1, -0.05) is 40.0 Å². The molecule has 15 nitrogen and oxygen atoms in total. The summed E-state index contributed by atoms with van der Waals surface area (Å²) in [4.78, 5) is 95.6. The van der Waals surface area contributed by atoms with Crippen LogP contribution in [0.15, 0.2) is 141 Å². The number of hydrogen-bond acceptors (Lipinski definition) is 13. The second-order valence-electron chi connectivity index (χ2n) is 14.4. The molecule has 10 rings (SSSR count). The molecule has 4 N–H and O–H groups in total. The molecule has 1 aliphatic heterocycles. The summed E-state index contributed by atoms with van der Waals surface area (Å²) < 4.78 is 17.8. The number of aromatic nitrogens is 2. The van der Waals surface area contributed by atoms with E-state index in [1.165, 1.54) is 31.3 Å². The zero-order chi connectivity index (χ0) is 44.0. The Morgan fingerprint density at radius 3 is 1.18 bits per heavy atom. The summed E-state index contributed by atoms with van der Waals surface area (Å²) in [7, 11) is 1.37. The van der Waals surface area contributed by atoms with Crippen molar-refractivity contribution in [2.45, 2.75) is 35.6 Å². The van der Waals surface area contributed by atoms with Gasteiger partial charge in [-0.05, 0) is 116 Å². The number of carbonyl (C=O) groups is 4. The first-order valence-electron chi connectivity index (χ1n) is 18.8. The van der Waals surface area contributed by atoms with E-state index in [9.17, 15) is 38.4 Å². The standard InChI is InChI=1S/C24H16N2O5.C12H12N2O.C11H4O5.3CH4/c1-13-3-7-15(8-4-13)31-16-9-5-14(6-10-16)26-23(29)19-11-17-18(12-20(19)24(26)30)22(28)25(2)21(17)27;13-9-1-5-11(6-2-9)15-12-7-3-10(14)4-8-12;12-8-3-9(13)5-2-7-6(1-4(5)8)10(14)16-11(7)15;;;/h3-12H,1-2H3;1-8H,13-14H2;1-2H,3H2;3*1H4. The maximum Gasteiger partial charge on any atom is 0.346 e. The van der Waals surface area contributed by atoms with Gasteiger partial charge in [0.1, 0.15) is 23.0 Å². The molecule has 330 valence electrons. The summed E-state index contributed by atoms with van der Waals surface area (Å²) in [6.07, 6.45) is -0.193. The number of esters is 2. The molecule has 8 aromatic rings. The molecule has 0 unspecified atom stereocenters. The van der Waals surface area contributed by atoms with E-state index in [1.54, 1.807) is 48.5 Å². The number of nitrogen functional groups attached to an aromatic ring is 2. The van der Waals surface area contributed by atoms with Crippen molar-refractivity contribution in [3.63, 3.8) is 0 Å². The summed E-state index contributed by atoms with van der Waals surface area (Å²) in [6, 6.07) is 33.9. The van der Waals surface area contributed by atoms with Crippen LogP contribution in [0.1, 0.15) is 75.7 Å². The SMILES string of the molecule is C.C.C.Cc1ccc(Oc2ccc(-n3c(=O)c4cc5c(=O)n(C)c(=O)c5cc4c3=O)cc2)cc1.Nc1ccc(Oc2ccc(N)cc2)cc1.O=C1CC(=O)c2cc3c(cc21)C(=O)OC3=O. The quantitative estimate of drug-likeness (QED) is 0.0955. The molecule has 3 heterocycles. The average molecular weight is 877 g/mol. The van der Waals surface area contributed by atoms with E-state index in [0.717, 1.165) is 37.6 Å². The van der Waals surface area contributed by atoms with Crippen LogP contribution in [0.3, 0.4) is 0 Å². The second kappa shape index (κ2) is 18.7. The summed E-state index contributed by atoms with van der Waals surface area (Å²) in [5, 5.41) is 0.493. The number of anilines is 2. The molecule has 0 amide bonds. The number of hydrogen-bond donors (Lipinski definition) is 2. The van der Waals surface area contributed by atoms with Crippen molar-refractivity contribution in [1.29, 1.82) is 0 Å². The van der Waals surface area contributed by atoms with Gasteiger partial charge in [-0.25, -0.2) is 14.2 Å². The number of ketones is 2. The smallest absolute Gasteiger partial charge is 0.346 e. The van der Waals surface area contributed by atoms with Gasteiger partial charge in [0, 0.05) is 29.5 Å². The minimum atomic E-state index is -0.769. The molecule has 2 aromatic heterocycles. The number of rotatable bonds is 5. The van der Waals surface area contributed by atoms with E-state index in [1.807, 2.05) is 55.5 Å². The Morgan fingerprint density at radius 1 is 0.462 bits per heavy atom. The highest BCUT2D eigenvalue weighted by molar-refractivity contribution is 6.27. The van der Waals surface area contributed by atoms with Crippen LogP contribution in [0, 0.1) is 6.92 Å². The van der Waals surface area contributed by atoms with Gasteiger partial charge < -0.3 is 25.7 Å². The Labute approximate surface area is 371 Å². The zero-order valence-corrected chi connectivity index (χ0v) is 32.8. The zero-order valence-electron chi connectivity index (χ0n) is 32.8. The molecule has 0 radical (unpaired) electrons. The van der Waals surface area contributed by atoms with Gasteiger partial charge in [0.05, 0.1) is 44.8 Å².